The predicted octanol–water partition coefficient (Wildman–Crippen LogP) is 6.43. The van der Waals surface area contributed by atoms with E-state index in [2.05, 4.69) is 5.32 Å². The first-order chi connectivity index (χ1) is 19.7. The SMILES string of the molecule is O=C1NC(=O)N(c2ccc(C34CC5CC(CC(C5)C3)C4)cc2)C(=O)C1=Cc1ccc(-c2cc(C(=O)O)ccc2Cl)o1. The first-order valence-corrected chi connectivity index (χ1v) is 14.2. The second-order valence-corrected chi connectivity index (χ2v) is 12.3. The summed E-state index contributed by atoms with van der Waals surface area (Å²) < 4.78 is 5.80. The zero-order chi connectivity index (χ0) is 28.5. The van der Waals surface area contributed by atoms with Crippen LogP contribution in [0.25, 0.3) is 17.4 Å². The van der Waals surface area contributed by atoms with Crippen LogP contribution < -0.4 is 10.2 Å². The number of imide groups is 2. The zero-order valence-corrected chi connectivity index (χ0v) is 22.8. The van der Waals surface area contributed by atoms with Gasteiger partial charge in [0, 0.05) is 5.56 Å². The van der Waals surface area contributed by atoms with Gasteiger partial charge in [0.05, 0.1) is 16.3 Å². The van der Waals surface area contributed by atoms with Crippen LogP contribution >= 0.6 is 11.6 Å². The number of carbonyl (C=O) groups is 4. The van der Waals surface area contributed by atoms with Crippen LogP contribution in [0.4, 0.5) is 10.5 Å². The smallest absolute Gasteiger partial charge is 0.335 e. The number of benzene rings is 2. The molecular formula is C32H27ClN2O6. The first kappa shape index (κ1) is 25.8. The molecule has 1 saturated heterocycles. The molecule has 208 valence electrons. The average molecular weight is 571 g/mol. The van der Waals surface area contributed by atoms with Gasteiger partial charge in [-0.05, 0) is 116 Å². The molecule has 4 bridgehead atoms. The molecule has 41 heavy (non-hydrogen) atoms. The Labute approximate surface area is 241 Å². The largest absolute Gasteiger partial charge is 0.478 e. The molecule has 0 atom stereocenters. The Morgan fingerprint density at radius 2 is 1.61 bits per heavy atom. The number of carboxylic acid groups (broad SMARTS) is 1. The van der Waals surface area contributed by atoms with Gasteiger partial charge < -0.3 is 9.52 Å². The van der Waals surface area contributed by atoms with Gasteiger partial charge in [-0.2, -0.15) is 0 Å². The van der Waals surface area contributed by atoms with E-state index < -0.39 is 23.8 Å². The summed E-state index contributed by atoms with van der Waals surface area (Å²) >= 11 is 6.25. The molecular weight excluding hydrogens is 544 g/mol. The van der Waals surface area contributed by atoms with Gasteiger partial charge in [0.1, 0.15) is 17.1 Å². The standard InChI is InChI=1S/C32H27ClN2O6/c33-26-7-1-20(30(38)39)12-24(26)27-8-6-23(41-27)13-25-28(36)34-31(40)35(29(25)37)22-4-2-21(3-5-22)32-14-17-9-18(15-32)11-19(10-17)16-32/h1-8,12-13,17-19H,9-11,14-16H2,(H,38,39)(H,34,36,40). The third-order valence-corrected chi connectivity index (χ3v) is 9.60. The number of amides is 4. The molecule has 8 rings (SSSR count). The molecule has 8 nitrogen and oxygen atoms in total. The third-order valence-electron chi connectivity index (χ3n) is 9.27. The van der Waals surface area contributed by atoms with E-state index in [9.17, 15) is 24.3 Å². The molecule has 2 heterocycles. The fourth-order valence-electron chi connectivity index (χ4n) is 7.88. The summed E-state index contributed by atoms with van der Waals surface area (Å²) in [5, 5.41) is 11.8. The van der Waals surface area contributed by atoms with E-state index in [1.807, 2.05) is 12.1 Å². The molecule has 0 unspecified atom stereocenters. The van der Waals surface area contributed by atoms with Crippen molar-refractivity contribution in [1.82, 2.24) is 5.32 Å². The van der Waals surface area contributed by atoms with Gasteiger partial charge >= 0.3 is 12.0 Å². The molecule has 4 amide bonds. The molecule has 1 aromatic heterocycles. The van der Waals surface area contributed by atoms with Crippen LogP contribution in [0.3, 0.4) is 0 Å². The van der Waals surface area contributed by atoms with Crippen molar-refractivity contribution in [2.24, 2.45) is 17.8 Å². The van der Waals surface area contributed by atoms with Crippen molar-refractivity contribution in [1.29, 1.82) is 0 Å². The molecule has 9 heteroatoms. The number of carboxylic acids is 1. The average Bonchev–Trinajstić information content (AvgIpc) is 3.39. The van der Waals surface area contributed by atoms with Crippen LogP contribution in [-0.2, 0) is 15.0 Å². The van der Waals surface area contributed by atoms with Crippen LogP contribution in [0.5, 0.6) is 0 Å². The number of anilines is 1. The van der Waals surface area contributed by atoms with Crippen molar-refractivity contribution < 1.29 is 28.7 Å². The fraction of sp³-hybridized carbons (Fsp3) is 0.312. The molecule has 5 fully saturated rings. The lowest BCUT2D eigenvalue weighted by molar-refractivity contribution is -0.122. The highest BCUT2D eigenvalue weighted by Gasteiger charge is 2.51. The monoisotopic (exact) mass is 570 g/mol. The van der Waals surface area contributed by atoms with Crippen LogP contribution in [-0.4, -0.2) is 28.9 Å². The zero-order valence-electron chi connectivity index (χ0n) is 22.1. The number of furan rings is 1. The molecule has 1 aliphatic heterocycles. The van der Waals surface area contributed by atoms with Crippen LogP contribution in [0.1, 0.15) is 60.2 Å². The maximum absolute atomic E-state index is 13.5. The van der Waals surface area contributed by atoms with Crippen molar-refractivity contribution in [2.75, 3.05) is 4.90 Å². The van der Waals surface area contributed by atoms with Crippen LogP contribution in [0, 0.1) is 17.8 Å². The summed E-state index contributed by atoms with van der Waals surface area (Å²) in [5.74, 6) is 0.131. The van der Waals surface area contributed by atoms with Gasteiger partial charge in [0.15, 0.2) is 0 Å². The molecule has 4 aliphatic carbocycles. The highest BCUT2D eigenvalue weighted by molar-refractivity contribution is 6.39. The number of aromatic carboxylic acids is 1. The second kappa shape index (κ2) is 9.45. The molecule has 0 radical (unpaired) electrons. The Bertz CT molecular complexity index is 1620. The molecule has 0 spiro atoms. The predicted molar refractivity (Wildman–Crippen MR) is 151 cm³/mol. The summed E-state index contributed by atoms with van der Waals surface area (Å²) in [6.07, 6.45) is 8.93. The number of urea groups is 1. The van der Waals surface area contributed by atoms with Gasteiger partial charge in [-0.25, -0.2) is 14.5 Å². The molecule has 2 aromatic carbocycles. The Morgan fingerprint density at radius 3 is 2.24 bits per heavy atom. The van der Waals surface area contributed by atoms with E-state index in [-0.39, 0.29) is 33.1 Å². The summed E-state index contributed by atoms with van der Waals surface area (Å²) in [5.41, 5.74) is 1.97. The summed E-state index contributed by atoms with van der Waals surface area (Å²) in [7, 11) is 0. The molecule has 5 aliphatic rings. The molecule has 2 N–H and O–H groups in total. The summed E-state index contributed by atoms with van der Waals surface area (Å²) in [6, 6.07) is 14.2. The minimum Gasteiger partial charge on any atom is -0.478 e. The van der Waals surface area contributed by atoms with E-state index in [0.717, 1.165) is 22.7 Å². The Balaban J connectivity index is 1.15. The maximum Gasteiger partial charge on any atom is 0.335 e. The fourth-order valence-corrected chi connectivity index (χ4v) is 8.10. The number of hydrogen-bond donors (Lipinski definition) is 2. The van der Waals surface area contributed by atoms with Crippen molar-refractivity contribution in [3.63, 3.8) is 0 Å². The number of nitrogens with zero attached hydrogens (tertiary/aromatic N) is 1. The highest BCUT2D eigenvalue weighted by atomic mass is 35.5. The second-order valence-electron chi connectivity index (χ2n) is 11.9. The van der Waals surface area contributed by atoms with Gasteiger partial charge in [0.2, 0.25) is 0 Å². The van der Waals surface area contributed by atoms with Crippen molar-refractivity contribution in [3.8, 4) is 11.3 Å². The summed E-state index contributed by atoms with van der Waals surface area (Å²) in [4.78, 5) is 51.3. The number of carbonyl (C=O) groups excluding carboxylic acids is 3. The van der Waals surface area contributed by atoms with Gasteiger partial charge in [0.25, 0.3) is 11.8 Å². The van der Waals surface area contributed by atoms with Crippen molar-refractivity contribution in [3.05, 3.63) is 82.1 Å². The minimum absolute atomic E-state index is 0.0332. The Morgan fingerprint density at radius 1 is 0.951 bits per heavy atom. The van der Waals surface area contributed by atoms with Gasteiger partial charge in [-0.3, -0.25) is 14.9 Å². The van der Waals surface area contributed by atoms with Gasteiger partial charge in [-0.15, -0.1) is 0 Å². The normalized spacial score (nSPS) is 27.9. The Kier molecular flexibility index (Phi) is 5.94. The first-order valence-electron chi connectivity index (χ1n) is 13.8. The molecule has 4 saturated carbocycles. The quantitative estimate of drug-likeness (QED) is 0.269. The van der Waals surface area contributed by atoms with Crippen molar-refractivity contribution >= 4 is 47.2 Å². The van der Waals surface area contributed by atoms with E-state index in [1.54, 1.807) is 18.2 Å². The number of barbiturate groups is 1. The number of hydrogen-bond acceptors (Lipinski definition) is 5. The lowest BCUT2D eigenvalue weighted by Crippen LogP contribution is -2.54. The van der Waals surface area contributed by atoms with Gasteiger partial charge in [-0.1, -0.05) is 23.7 Å². The topological polar surface area (TPSA) is 117 Å². The summed E-state index contributed by atoms with van der Waals surface area (Å²) in [6.45, 7) is 0. The molecule has 3 aromatic rings. The number of halogens is 1. The lowest BCUT2D eigenvalue weighted by Gasteiger charge is -2.57. The van der Waals surface area contributed by atoms with E-state index >= 15 is 0 Å². The van der Waals surface area contributed by atoms with Crippen LogP contribution in [0.15, 0.2) is 64.6 Å². The van der Waals surface area contributed by atoms with E-state index in [1.165, 1.54) is 74.4 Å². The lowest BCUT2D eigenvalue weighted by atomic mass is 9.48. The number of nitrogens with one attached hydrogen (secondary N) is 1. The Hall–Kier alpha value is -4.17. The van der Waals surface area contributed by atoms with E-state index in [4.69, 9.17) is 16.0 Å². The van der Waals surface area contributed by atoms with Crippen molar-refractivity contribution in [2.45, 2.75) is 43.9 Å². The van der Waals surface area contributed by atoms with Crippen LogP contribution in [0.2, 0.25) is 5.02 Å². The number of rotatable bonds is 5. The minimum atomic E-state index is -1.11. The maximum atomic E-state index is 13.5. The highest BCUT2D eigenvalue weighted by Crippen LogP contribution is 2.60. The van der Waals surface area contributed by atoms with E-state index in [0.29, 0.717) is 11.3 Å². The third kappa shape index (κ3) is 4.37.